The Balaban J connectivity index is 2.13. The number of aromatic amines is 1. The van der Waals surface area contributed by atoms with Gasteiger partial charge in [0.2, 0.25) is 5.78 Å². The minimum absolute atomic E-state index is 0.216. The summed E-state index contributed by atoms with van der Waals surface area (Å²) in [6, 6.07) is 12.1. The molecule has 0 aliphatic carbocycles. The minimum atomic E-state index is -0.240. The second kappa shape index (κ2) is 4.80. The summed E-state index contributed by atoms with van der Waals surface area (Å²) in [5, 5.41) is 10.1. The van der Waals surface area contributed by atoms with E-state index in [9.17, 15) is 4.79 Å². The maximum Gasteiger partial charge on any atom is 0.213 e. The number of nitriles is 1. The number of rotatable bonds is 2. The molecule has 0 unspecified atom stereocenters. The van der Waals surface area contributed by atoms with Gasteiger partial charge in [-0.1, -0.05) is 29.8 Å². The molecule has 5 heteroatoms. The predicted octanol–water partition coefficient (Wildman–Crippen LogP) is 3.32. The lowest BCUT2D eigenvalue weighted by atomic mass is 10.1. The molecule has 20 heavy (non-hydrogen) atoms. The highest BCUT2D eigenvalue weighted by molar-refractivity contribution is 6.35. The smallest absolute Gasteiger partial charge is 0.213 e. The Bertz CT molecular complexity index is 861. The van der Waals surface area contributed by atoms with E-state index in [1.54, 1.807) is 36.5 Å². The largest absolute Gasteiger partial charge is 0.359 e. The third kappa shape index (κ3) is 1.94. The first-order chi connectivity index (χ1) is 9.70. The van der Waals surface area contributed by atoms with Crippen LogP contribution in [-0.4, -0.2) is 15.8 Å². The van der Waals surface area contributed by atoms with Crippen LogP contribution in [0.2, 0.25) is 5.02 Å². The summed E-state index contributed by atoms with van der Waals surface area (Å²) in [5.41, 5.74) is 1.66. The van der Waals surface area contributed by atoms with Crippen LogP contribution in [0.3, 0.4) is 0 Å². The van der Waals surface area contributed by atoms with Gasteiger partial charge in [-0.2, -0.15) is 5.26 Å². The predicted molar refractivity (Wildman–Crippen MR) is 75.7 cm³/mol. The van der Waals surface area contributed by atoms with E-state index < -0.39 is 0 Å². The number of halogens is 1. The lowest BCUT2D eigenvalue weighted by Crippen LogP contribution is -2.04. The van der Waals surface area contributed by atoms with Crippen LogP contribution in [0, 0.1) is 11.3 Å². The maximum atomic E-state index is 12.5. The molecule has 2 heterocycles. The average Bonchev–Trinajstić information content (AvgIpc) is 2.92. The number of aromatic nitrogens is 2. The van der Waals surface area contributed by atoms with E-state index in [2.05, 4.69) is 9.97 Å². The fourth-order valence-electron chi connectivity index (χ4n) is 2.07. The van der Waals surface area contributed by atoms with Gasteiger partial charge >= 0.3 is 0 Å². The highest BCUT2D eigenvalue weighted by atomic mass is 35.5. The zero-order valence-electron chi connectivity index (χ0n) is 10.2. The van der Waals surface area contributed by atoms with Gasteiger partial charge in [-0.3, -0.25) is 4.79 Å². The normalized spacial score (nSPS) is 10.4. The number of hydrogen-bond donors (Lipinski definition) is 1. The second-order valence-corrected chi connectivity index (χ2v) is 4.62. The molecule has 3 aromatic rings. The van der Waals surface area contributed by atoms with Crippen LogP contribution in [0.5, 0.6) is 0 Å². The molecular formula is C15H8ClN3O. The Labute approximate surface area is 119 Å². The molecular weight excluding hydrogens is 274 g/mol. The SMILES string of the molecule is N#Cc1cccc(C(=O)c2c[nH]c3c(Cl)cccc23)n1. The number of nitrogens with zero attached hydrogens (tertiary/aromatic N) is 2. The van der Waals surface area contributed by atoms with E-state index in [4.69, 9.17) is 16.9 Å². The van der Waals surface area contributed by atoms with Crippen LogP contribution in [0.1, 0.15) is 21.7 Å². The minimum Gasteiger partial charge on any atom is -0.359 e. The molecule has 0 saturated carbocycles. The Hall–Kier alpha value is -2.64. The summed E-state index contributed by atoms with van der Waals surface area (Å²) in [6.07, 6.45) is 1.61. The Kier molecular flexibility index (Phi) is 2.97. The van der Waals surface area contributed by atoms with Crippen LogP contribution < -0.4 is 0 Å². The zero-order valence-corrected chi connectivity index (χ0v) is 11.0. The molecule has 0 amide bonds. The van der Waals surface area contributed by atoms with Crippen molar-refractivity contribution in [1.29, 1.82) is 5.26 Å². The second-order valence-electron chi connectivity index (χ2n) is 4.21. The summed E-state index contributed by atoms with van der Waals surface area (Å²) >= 11 is 6.07. The molecule has 4 nitrogen and oxygen atoms in total. The zero-order chi connectivity index (χ0) is 14.1. The number of para-hydroxylation sites is 1. The van der Waals surface area contributed by atoms with Crippen molar-refractivity contribution in [1.82, 2.24) is 9.97 Å². The third-order valence-corrected chi connectivity index (χ3v) is 3.32. The van der Waals surface area contributed by atoms with Gasteiger partial charge in [0.15, 0.2) is 0 Å². The van der Waals surface area contributed by atoms with Gasteiger partial charge in [0, 0.05) is 17.1 Å². The molecule has 0 aliphatic rings. The number of carbonyl (C=O) groups is 1. The molecule has 1 N–H and O–H groups in total. The molecule has 0 radical (unpaired) electrons. The monoisotopic (exact) mass is 281 g/mol. The molecule has 0 spiro atoms. The quantitative estimate of drug-likeness (QED) is 0.733. The summed E-state index contributed by atoms with van der Waals surface area (Å²) in [7, 11) is 0. The highest BCUT2D eigenvalue weighted by Crippen LogP contribution is 2.26. The van der Waals surface area contributed by atoms with Gasteiger partial charge in [0.05, 0.1) is 10.5 Å². The molecule has 0 fully saturated rings. The number of hydrogen-bond acceptors (Lipinski definition) is 3. The average molecular weight is 282 g/mol. The van der Waals surface area contributed by atoms with Crippen molar-refractivity contribution < 1.29 is 4.79 Å². The van der Waals surface area contributed by atoms with Crippen LogP contribution in [0.15, 0.2) is 42.6 Å². The lowest BCUT2D eigenvalue weighted by molar-refractivity contribution is 0.103. The van der Waals surface area contributed by atoms with Crippen LogP contribution >= 0.6 is 11.6 Å². The number of fused-ring (bicyclic) bond motifs is 1. The number of benzene rings is 1. The van der Waals surface area contributed by atoms with E-state index in [0.717, 1.165) is 5.39 Å². The van der Waals surface area contributed by atoms with Gasteiger partial charge in [-0.05, 0) is 18.2 Å². The van der Waals surface area contributed by atoms with Gasteiger partial charge < -0.3 is 4.98 Å². The molecule has 0 saturated heterocycles. The van der Waals surface area contributed by atoms with Gasteiger partial charge in [-0.25, -0.2) is 4.98 Å². The van der Waals surface area contributed by atoms with E-state index >= 15 is 0 Å². The standard InChI is InChI=1S/C15H8ClN3O/c16-12-5-2-4-10-11(8-18-14(10)12)15(20)13-6-1-3-9(7-17)19-13/h1-6,8,18H. The van der Waals surface area contributed by atoms with Crippen molar-refractivity contribution in [2.24, 2.45) is 0 Å². The molecule has 96 valence electrons. The van der Waals surface area contributed by atoms with Gasteiger partial charge in [-0.15, -0.1) is 0 Å². The van der Waals surface area contributed by atoms with E-state index in [0.29, 0.717) is 16.1 Å². The number of carbonyl (C=O) groups excluding carboxylic acids is 1. The Morgan fingerprint density at radius 1 is 1.25 bits per heavy atom. The molecule has 0 atom stereocenters. The first-order valence-corrected chi connectivity index (χ1v) is 6.26. The fraction of sp³-hybridized carbons (Fsp3) is 0. The summed E-state index contributed by atoms with van der Waals surface area (Å²) in [4.78, 5) is 19.5. The van der Waals surface area contributed by atoms with Crippen molar-refractivity contribution in [3.63, 3.8) is 0 Å². The van der Waals surface area contributed by atoms with Crippen molar-refractivity contribution in [3.05, 3.63) is 64.6 Å². The summed E-state index contributed by atoms with van der Waals surface area (Å²) in [5.74, 6) is -0.240. The number of pyridine rings is 1. The Morgan fingerprint density at radius 2 is 2.05 bits per heavy atom. The first-order valence-electron chi connectivity index (χ1n) is 5.88. The fourth-order valence-corrected chi connectivity index (χ4v) is 2.30. The maximum absolute atomic E-state index is 12.5. The Morgan fingerprint density at radius 3 is 2.85 bits per heavy atom. The van der Waals surface area contributed by atoms with Crippen LogP contribution in [0.25, 0.3) is 10.9 Å². The lowest BCUT2D eigenvalue weighted by Gasteiger charge is -2.00. The topological polar surface area (TPSA) is 69.5 Å². The molecule has 0 aliphatic heterocycles. The van der Waals surface area contributed by atoms with Gasteiger partial charge in [0.25, 0.3) is 0 Å². The number of nitrogens with one attached hydrogen (secondary N) is 1. The van der Waals surface area contributed by atoms with E-state index in [-0.39, 0.29) is 17.2 Å². The van der Waals surface area contributed by atoms with Crippen molar-refractivity contribution in [3.8, 4) is 6.07 Å². The first kappa shape index (κ1) is 12.4. The summed E-state index contributed by atoms with van der Waals surface area (Å²) in [6.45, 7) is 0. The van der Waals surface area contributed by atoms with E-state index in [1.807, 2.05) is 12.1 Å². The van der Waals surface area contributed by atoms with Gasteiger partial charge in [0.1, 0.15) is 17.5 Å². The summed E-state index contributed by atoms with van der Waals surface area (Å²) < 4.78 is 0. The highest BCUT2D eigenvalue weighted by Gasteiger charge is 2.16. The number of H-pyrrole nitrogens is 1. The number of ketones is 1. The van der Waals surface area contributed by atoms with Crippen molar-refractivity contribution in [2.75, 3.05) is 0 Å². The van der Waals surface area contributed by atoms with Crippen LogP contribution in [0.4, 0.5) is 0 Å². The molecule has 0 bridgehead atoms. The molecule has 3 rings (SSSR count). The van der Waals surface area contributed by atoms with E-state index in [1.165, 1.54) is 0 Å². The molecule has 1 aromatic carbocycles. The third-order valence-electron chi connectivity index (χ3n) is 3.01. The molecule has 2 aromatic heterocycles. The van der Waals surface area contributed by atoms with Crippen molar-refractivity contribution in [2.45, 2.75) is 0 Å². The van der Waals surface area contributed by atoms with Crippen molar-refractivity contribution >= 4 is 28.3 Å². The van der Waals surface area contributed by atoms with Crippen LogP contribution in [-0.2, 0) is 0 Å².